The van der Waals surface area contributed by atoms with Crippen LogP contribution in [0.3, 0.4) is 0 Å². The Hall–Kier alpha value is -1.77. The highest BCUT2D eigenvalue weighted by molar-refractivity contribution is 5.48. The first-order valence-electron chi connectivity index (χ1n) is 12.1. The lowest BCUT2D eigenvalue weighted by Gasteiger charge is -2.05. The van der Waals surface area contributed by atoms with E-state index in [1.807, 2.05) is 18.6 Å². The van der Waals surface area contributed by atoms with Crippen LogP contribution in [0.25, 0.3) is 11.5 Å². The van der Waals surface area contributed by atoms with Crippen molar-refractivity contribution in [2.75, 3.05) is 0 Å². The summed E-state index contributed by atoms with van der Waals surface area (Å²) in [5.41, 5.74) is 3.43. The lowest BCUT2D eigenvalue weighted by molar-refractivity contribution is 0.589. The van der Waals surface area contributed by atoms with Crippen LogP contribution in [0, 0.1) is 0 Å². The molecular formula is C26H41N3. The molecule has 0 saturated heterocycles. The molecule has 2 rings (SSSR count). The maximum absolute atomic E-state index is 4.59. The van der Waals surface area contributed by atoms with Gasteiger partial charge in [-0.2, -0.15) is 0 Å². The normalized spacial score (nSPS) is 11.1. The van der Waals surface area contributed by atoms with E-state index in [0.29, 0.717) is 0 Å². The fourth-order valence-corrected chi connectivity index (χ4v) is 3.72. The number of nitrogens with zero attached hydrogens (tertiary/aromatic N) is 3. The van der Waals surface area contributed by atoms with Crippen molar-refractivity contribution >= 4 is 0 Å². The zero-order valence-electron chi connectivity index (χ0n) is 18.8. The molecule has 0 N–H and O–H groups in total. The van der Waals surface area contributed by atoms with Crippen LogP contribution in [0.5, 0.6) is 0 Å². The van der Waals surface area contributed by atoms with E-state index in [2.05, 4.69) is 40.9 Å². The standard InChI is InChI=1S/C26H41N3/c1-3-5-7-9-11-13-15-17-24-21-28-26(29-22-24)25-19-18-23(20-27-25)16-14-12-10-8-6-4-2/h18-22H,3-17H2,1-2H3. The highest BCUT2D eigenvalue weighted by atomic mass is 14.9. The van der Waals surface area contributed by atoms with Crippen LogP contribution in [0.15, 0.2) is 30.7 Å². The SMILES string of the molecule is CCCCCCCCCc1cnc(-c2ccc(CCCCCCCC)cn2)nc1. The predicted molar refractivity (Wildman–Crippen MR) is 124 cm³/mol. The molecule has 0 spiro atoms. The fraction of sp³-hybridized carbons (Fsp3) is 0.654. The number of rotatable bonds is 16. The number of pyridine rings is 1. The first kappa shape index (κ1) is 23.5. The van der Waals surface area contributed by atoms with E-state index < -0.39 is 0 Å². The minimum absolute atomic E-state index is 0.736. The van der Waals surface area contributed by atoms with Gasteiger partial charge in [0, 0.05) is 18.6 Å². The summed E-state index contributed by atoms with van der Waals surface area (Å²) in [6.07, 6.45) is 25.5. The van der Waals surface area contributed by atoms with Crippen LogP contribution in [0.4, 0.5) is 0 Å². The van der Waals surface area contributed by atoms with Crippen molar-refractivity contribution in [3.05, 3.63) is 41.9 Å². The Bertz CT molecular complexity index is 634. The van der Waals surface area contributed by atoms with Crippen LogP contribution in [0.1, 0.15) is 108 Å². The molecule has 0 atom stereocenters. The Morgan fingerprint density at radius 1 is 0.517 bits per heavy atom. The fourth-order valence-electron chi connectivity index (χ4n) is 3.72. The topological polar surface area (TPSA) is 38.7 Å². The van der Waals surface area contributed by atoms with Gasteiger partial charge in [-0.25, -0.2) is 9.97 Å². The van der Waals surface area contributed by atoms with E-state index in [9.17, 15) is 0 Å². The zero-order valence-corrected chi connectivity index (χ0v) is 18.8. The van der Waals surface area contributed by atoms with Crippen molar-refractivity contribution in [2.24, 2.45) is 0 Å². The van der Waals surface area contributed by atoms with Crippen molar-refractivity contribution in [3.63, 3.8) is 0 Å². The highest BCUT2D eigenvalue weighted by Gasteiger charge is 2.04. The first-order valence-corrected chi connectivity index (χ1v) is 12.1. The molecule has 0 fully saturated rings. The third kappa shape index (κ3) is 10.0. The van der Waals surface area contributed by atoms with E-state index in [4.69, 9.17) is 0 Å². The molecule has 2 aromatic rings. The number of aryl methyl sites for hydroxylation is 2. The minimum Gasteiger partial charge on any atom is -0.253 e. The average Bonchev–Trinajstić information content (AvgIpc) is 2.76. The summed E-state index contributed by atoms with van der Waals surface area (Å²) >= 11 is 0. The smallest absolute Gasteiger partial charge is 0.178 e. The lowest BCUT2D eigenvalue weighted by atomic mass is 10.1. The molecule has 3 nitrogen and oxygen atoms in total. The van der Waals surface area contributed by atoms with Gasteiger partial charge in [-0.15, -0.1) is 0 Å². The van der Waals surface area contributed by atoms with Crippen LogP contribution in [-0.4, -0.2) is 15.0 Å². The molecule has 3 heteroatoms. The molecule has 29 heavy (non-hydrogen) atoms. The van der Waals surface area contributed by atoms with Gasteiger partial charge in [-0.1, -0.05) is 90.5 Å². The van der Waals surface area contributed by atoms with E-state index in [0.717, 1.165) is 24.4 Å². The molecule has 0 aliphatic rings. The summed E-state index contributed by atoms with van der Waals surface area (Å²) < 4.78 is 0. The van der Waals surface area contributed by atoms with Gasteiger partial charge in [0.2, 0.25) is 0 Å². The molecule has 0 radical (unpaired) electrons. The molecule has 0 amide bonds. The van der Waals surface area contributed by atoms with Gasteiger partial charge in [-0.3, -0.25) is 4.98 Å². The Labute approximate surface area is 178 Å². The molecule has 160 valence electrons. The van der Waals surface area contributed by atoms with Gasteiger partial charge in [-0.05, 0) is 42.9 Å². The van der Waals surface area contributed by atoms with Crippen molar-refractivity contribution in [1.82, 2.24) is 15.0 Å². The van der Waals surface area contributed by atoms with E-state index in [1.165, 1.54) is 94.6 Å². The van der Waals surface area contributed by atoms with Gasteiger partial charge < -0.3 is 0 Å². The number of hydrogen-bond acceptors (Lipinski definition) is 3. The maximum atomic E-state index is 4.59. The molecule has 2 heterocycles. The minimum atomic E-state index is 0.736. The molecule has 0 aromatic carbocycles. The molecular weight excluding hydrogens is 354 g/mol. The number of hydrogen-bond donors (Lipinski definition) is 0. The molecule has 0 saturated carbocycles. The molecule has 0 unspecified atom stereocenters. The third-order valence-electron chi connectivity index (χ3n) is 5.65. The van der Waals surface area contributed by atoms with Crippen molar-refractivity contribution < 1.29 is 0 Å². The van der Waals surface area contributed by atoms with E-state index >= 15 is 0 Å². The van der Waals surface area contributed by atoms with Crippen molar-refractivity contribution in [2.45, 2.75) is 110 Å². The average molecular weight is 396 g/mol. The van der Waals surface area contributed by atoms with Crippen LogP contribution < -0.4 is 0 Å². The van der Waals surface area contributed by atoms with Gasteiger partial charge in [0.25, 0.3) is 0 Å². The Morgan fingerprint density at radius 2 is 1.00 bits per heavy atom. The van der Waals surface area contributed by atoms with Gasteiger partial charge in [0.05, 0.1) is 0 Å². The van der Waals surface area contributed by atoms with Crippen LogP contribution in [0.2, 0.25) is 0 Å². The lowest BCUT2D eigenvalue weighted by Crippen LogP contribution is -1.96. The van der Waals surface area contributed by atoms with Gasteiger partial charge >= 0.3 is 0 Å². The summed E-state index contributed by atoms with van der Waals surface area (Å²) in [5.74, 6) is 0.736. The highest BCUT2D eigenvalue weighted by Crippen LogP contribution is 2.15. The largest absolute Gasteiger partial charge is 0.253 e. The summed E-state index contributed by atoms with van der Waals surface area (Å²) in [7, 11) is 0. The Morgan fingerprint density at radius 3 is 1.52 bits per heavy atom. The molecule has 0 aliphatic carbocycles. The summed E-state index contributed by atoms with van der Waals surface area (Å²) in [6.45, 7) is 4.53. The Kier molecular flexibility index (Phi) is 12.3. The molecule has 2 aromatic heterocycles. The third-order valence-corrected chi connectivity index (χ3v) is 5.65. The summed E-state index contributed by atoms with van der Waals surface area (Å²) in [4.78, 5) is 13.7. The molecule has 0 bridgehead atoms. The monoisotopic (exact) mass is 395 g/mol. The number of aromatic nitrogens is 3. The second-order valence-corrected chi connectivity index (χ2v) is 8.36. The summed E-state index contributed by atoms with van der Waals surface area (Å²) in [5, 5.41) is 0. The van der Waals surface area contributed by atoms with Crippen molar-refractivity contribution in [1.29, 1.82) is 0 Å². The van der Waals surface area contributed by atoms with E-state index in [1.54, 1.807) is 0 Å². The van der Waals surface area contributed by atoms with E-state index in [-0.39, 0.29) is 0 Å². The van der Waals surface area contributed by atoms with Gasteiger partial charge in [0.15, 0.2) is 5.82 Å². The van der Waals surface area contributed by atoms with Crippen LogP contribution in [-0.2, 0) is 12.8 Å². The first-order chi connectivity index (χ1) is 14.3. The summed E-state index contributed by atoms with van der Waals surface area (Å²) in [6, 6.07) is 4.25. The zero-order chi connectivity index (χ0) is 20.6. The second kappa shape index (κ2) is 15.1. The number of unbranched alkanes of at least 4 members (excludes halogenated alkanes) is 11. The maximum Gasteiger partial charge on any atom is 0.178 e. The predicted octanol–water partition coefficient (Wildman–Crippen LogP) is 7.73. The van der Waals surface area contributed by atoms with Gasteiger partial charge in [0.1, 0.15) is 5.69 Å². The quantitative estimate of drug-likeness (QED) is 0.273. The Balaban J connectivity index is 1.68. The van der Waals surface area contributed by atoms with Crippen molar-refractivity contribution in [3.8, 4) is 11.5 Å². The molecule has 0 aliphatic heterocycles. The van der Waals surface area contributed by atoms with Crippen LogP contribution >= 0.6 is 0 Å². The second-order valence-electron chi connectivity index (χ2n) is 8.36.